The van der Waals surface area contributed by atoms with Crippen LogP contribution in [0.2, 0.25) is 0 Å². The van der Waals surface area contributed by atoms with E-state index in [4.69, 9.17) is 28.4 Å². The molecular formula is C68H115NO18. The molecule has 0 saturated carbocycles. The Kier molecular flexibility index (Phi) is 44.3. The molecule has 3 rings (SSSR count). The van der Waals surface area contributed by atoms with Gasteiger partial charge in [0.15, 0.2) is 18.9 Å². The van der Waals surface area contributed by atoms with Crippen LogP contribution in [-0.2, 0) is 33.2 Å². The minimum absolute atomic E-state index is 0.242. The number of aliphatic hydroxyl groups is 11. The van der Waals surface area contributed by atoms with Crippen molar-refractivity contribution in [2.24, 2.45) is 0 Å². The third kappa shape index (κ3) is 32.0. The number of carbonyl (C=O) groups excluding carboxylic acids is 1. The molecule has 0 aromatic heterocycles. The Morgan fingerprint density at radius 2 is 0.793 bits per heavy atom. The second-order valence-corrected chi connectivity index (χ2v) is 23.2. The highest BCUT2D eigenvalue weighted by molar-refractivity contribution is 5.76. The maximum atomic E-state index is 13.4. The number of hydrogen-bond acceptors (Lipinski definition) is 18. The first-order chi connectivity index (χ1) is 42.3. The predicted octanol–water partition coefficient (Wildman–Crippen LogP) is 7.71. The Balaban J connectivity index is 1.40. The van der Waals surface area contributed by atoms with Crippen LogP contribution in [0, 0.1) is 0 Å². The summed E-state index contributed by atoms with van der Waals surface area (Å²) in [6, 6.07) is -0.901. The fourth-order valence-electron chi connectivity index (χ4n) is 10.6. The molecule has 3 saturated heterocycles. The standard InChI is InChI=1S/C68H115NO18/c1-3-5-7-9-11-13-15-16-17-18-19-20-21-22-23-24-25-26-27-28-29-30-31-32-33-34-36-38-40-42-44-46-56(74)69-51(52(73)45-43-41-39-37-35-14-12-10-8-6-4-2)50-82-66-62(80)59(77)64(54(48-71)84-66)87-68-63(81)60(78)65(55(49-72)85-68)86-67-61(79)58(76)57(75)53(47-70)83-67/h5,7,11,13,16-17,19-20,22-23,25-26,28-29,31-32,51-55,57-68,70-73,75-81H,3-4,6,8-10,12,14-15,18,21,24,27,30,33-50H2,1-2H3,(H,69,74)/b7-5-,13-11-,17-16-,20-19-,23-22-,26-25-,29-28-,32-31-. The van der Waals surface area contributed by atoms with E-state index in [1.165, 1.54) is 44.9 Å². The number of carbonyl (C=O) groups is 1. The molecule has 3 fully saturated rings. The largest absolute Gasteiger partial charge is 0.394 e. The monoisotopic (exact) mass is 1230 g/mol. The third-order valence-corrected chi connectivity index (χ3v) is 15.9. The highest BCUT2D eigenvalue weighted by atomic mass is 16.8. The number of amides is 1. The summed E-state index contributed by atoms with van der Waals surface area (Å²) < 4.78 is 34.3. The minimum atomic E-state index is -1.98. The van der Waals surface area contributed by atoms with Gasteiger partial charge in [-0.1, -0.05) is 207 Å². The van der Waals surface area contributed by atoms with Crippen LogP contribution in [0.3, 0.4) is 0 Å². The summed E-state index contributed by atoms with van der Waals surface area (Å²) in [6.07, 6.45) is 36.4. The smallest absolute Gasteiger partial charge is 0.220 e. The number of hydrogen-bond donors (Lipinski definition) is 12. The first-order valence-electron chi connectivity index (χ1n) is 33.0. The summed E-state index contributed by atoms with van der Waals surface area (Å²) in [5.41, 5.74) is 0. The molecule has 19 heteroatoms. The minimum Gasteiger partial charge on any atom is -0.394 e. The van der Waals surface area contributed by atoms with Crippen molar-refractivity contribution in [3.8, 4) is 0 Å². The van der Waals surface area contributed by atoms with Gasteiger partial charge >= 0.3 is 0 Å². The van der Waals surface area contributed by atoms with Crippen LogP contribution in [-0.4, -0.2) is 193 Å². The van der Waals surface area contributed by atoms with Crippen LogP contribution >= 0.6 is 0 Å². The first kappa shape index (κ1) is 78.0. The molecule has 0 aromatic carbocycles. The van der Waals surface area contributed by atoms with E-state index in [0.717, 1.165) is 116 Å². The molecule has 3 heterocycles. The zero-order valence-electron chi connectivity index (χ0n) is 52.5. The van der Waals surface area contributed by atoms with Crippen LogP contribution in [0.4, 0.5) is 0 Å². The zero-order chi connectivity index (χ0) is 63.3. The maximum Gasteiger partial charge on any atom is 0.220 e. The summed E-state index contributed by atoms with van der Waals surface area (Å²) >= 11 is 0. The second kappa shape index (κ2) is 49.4. The van der Waals surface area contributed by atoms with Crippen LogP contribution in [0.25, 0.3) is 0 Å². The molecule has 19 nitrogen and oxygen atoms in total. The van der Waals surface area contributed by atoms with E-state index in [-0.39, 0.29) is 18.9 Å². The van der Waals surface area contributed by atoms with E-state index in [0.29, 0.717) is 12.8 Å². The average Bonchev–Trinajstić information content (AvgIpc) is 3.71. The number of allylic oxidation sites excluding steroid dienone is 16. The molecule has 0 spiro atoms. The second-order valence-electron chi connectivity index (χ2n) is 23.2. The van der Waals surface area contributed by atoms with E-state index >= 15 is 0 Å². The van der Waals surface area contributed by atoms with E-state index < -0.39 is 124 Å². The van der Waals surface area contributed by atoms with Gasteiger partial charge in [-0.15, -0.1) is 0 Å². The van der Waals surface area contributed by atoms with Crippen molar-refractivity contribution in [2.75, 3.05) is 26.4 Å². The Morgan fingerprint density at radius 1 is 0.425 bits per heavy atom. The lowest BCUT2D eigenvalue weighted by molar-refractivity contribution is -0.379. The first-order valence-corrected chi connectivity index (χ1v) is 33.0. The van der Waals surface area contributed by atoms with E-state index in [1.54, 1.807) is 0 Å². The van der Waals surface area contributed by atoms with Crippen LogP contribution < -0.4 is 5.32 Å². The maximum absolute atomic E-state index is 13.4. The van der Waals surface area contributed by atoms with E-state index in [1.807, 2.05) is 0 Å². The van der Waals surface area contributed by atoms with Gasteiger partial charge in [0, 0.05) is 6.42 Å². The summed E-state index contributed by atoms with van der Waals surface area (Å²) in [6.45, 7) is 1.63. The van der Waals surface area contributed by atoms with Gasteiger partial charge in [0.2, 0.25) is 5.91 Å². The van der Waals surface area contributed by atoms with Gasteiger partial charge < -0.3 is 89.9 Å². The molecule has 17 unspecified atom stereocenters. The molecule has 3 aliphatic rings. The lowest BCUT2D eigenvalue weighted by Crippen LogP contribution is -2.66. The molecule has 0 bridgehead atoms. The molecule has 1 amide bonds. The molecule has 500 valence electrons. The molecule has 12 N–H and O–H groups in total. The quantitative estimate of drug-likeness (QED) is 0.0205. The van der Waals surface area contributed by atoms with Crippen molar-refractivity contribution >= 4 is 5.91 Å². The number of ether oxygens (including phenoxy) is 6. The molecule has 0 radical (unpaired) electrons. The molecule has 3 aliphatic heterocycles. The zero-order valence-corrected chi connectivity index (χ0v) is 52.5. The van der Waals surface area contributed by atoms with Crippen molar-refractivity contribution < 1.29 is 89.4 Å². The Labute approximate surface area is 520 Å². The highest BCUT2D eigenvalue weighted by Gasteiger charge is 2.53. The number of rotatable bonds is 48. The summed E-state index contributed by atoms with van der Waals surface area (Å²) in [5.74, 6) is -0.264. The topological polar surface area (TPSA) is 307 Å². The fraction of sp³-hybridized carbons (Fsp3) is 0.750. The molecule has 17 atom stereocenters. The van der Waals surface area contributed by atoms with Crippen molar-refractivity contribution in [3.63, 3.8) is 0 Å². The van der Waals surface area contributed by atoms with E-state index in [9.17, 15) is 61.0 Å². The van der Waals surface area contributed by atoms with Gasteiger partial charge in [-0.2, -0.15) is 0 Å². The van der Waals surface area contributed by atoms with Gasteiger partial charge in [-0.05, 0) is 77.0 Å². The Hall–Kier alpha value is -3.29. The fourth-order valence-corrected chi connectivity index (χ4v) is 10.6. The van der Waals surface area contributed by atoms with E-state index in [2.05, 4.69) is 116 Å². The number of unbranched alkanes of at least 4 members (excludes halogenated alkanes) is 16. The van der Waals surface area contributed by atoms with Gasteiger partial charge in [-0.3, -0.25) is 4.79 Å². The van der Waals surface area contributed by atoms with Crippen molar-refractivity contribution in [3.05, 3.63) is 97.2 Å². The van der Waals surface area contributed by atoms with Crippen LogP contribution in [0.15, 0.2) is 97.2 Å². The summed E-state index contributed by atoms with van der Waals surface area (Å²) in [5, 5.41) is 120. The normalized spacial score (nSPS) is 29.2. The van der Waals surface area contributed by atoms with Crippen molar-refractivity contribution in [1.29, 1.82) is 0 Å². The lowest BCUT2D eigenvalue weighted by Gasteiger charge is -2.48. The number of nitrogens with one attached hydrogen (secondary N) is 1. The Bertz CT molecular complexity index is 1960. The van der Waals surface area contributed by atoms with Gasteiger partial charge in [0.25, 0.3) is 0 Å². The summed E-state index contributed by atoms with van der Waals surface area (Å²) in [7, 11) is 0. The van der Waals surface area contributed by atoms with Gasteiger partial charge in [0.05, 0.1) is 38.6 Å². The van der Waals surface area contributed by atoms with Gasteiger partial charge in [0.1, 0.15) is 73.2 Å². The lowest BCUT2D eigenvalue weighted by atomic mass is 9.96. The molecule has 0 aromatic rings. The average molecular weight is 1230 g/mol. The number of aliphatic hydroxyl groups excluding tert-OH is 11. The van der Waals surface area contributed by atoms with Crippen LogP contribution in [0.5, 0.6) is 0 Å². The third-order valence-electron chi connectivity index (χ3n) is 15.9. The SMILES string of the molecule is CC/C=C\C/C=C\C/C=C\C/C=C\C/C=C\C/C=C\C/C=C\C/C=C\CCCCCCCCC(=O)NC(COC1OC(CO)C(OC2OC(CO)C(OC3OC(CO)C(O)C(O)C3O)C(O)C2O)C(O)C1O)C(O)CCCCCCCCCCCCC. The summed E-state index contributed by atoms with van der Waals surface area (Å²) in [4.78, 5) is 13.4. The van der Waals surface area contributed by atoms with Crippen molar-refractivity contribution in [2.45, 2.75) is 298 Å². The van der Waals surface area contributed by atoms with Gasteiger partial charge in [-0.25, -0.2) is 0 Å². The Morgan fingerprint density at radius 3 is 1.24 bits per heavy atom. The molecule has 87 heavy (non-hydrogen) atoms. The van der Waals surface area contributed by atoms with Crippen LogP contribution in [0.1, 0.15) is 194 Å². The highest BCUT2D eigenvalue weighted by Crippen LogP contribution is 2.33. The predicted molar refractivity (Wildman–Crippen MR) is 337 cm³/mol. The molecular weight excluding hydrogens is 1120 g/mol. The molecule has 0 aliphatic carbocycles. The van der Waals surface area contributed by atoms with Crippen molar-refractivity contribution in [1.82, 2.24) is 5.32 Å².